The van der Waals surface area contributed by atoms with E-state index in [-0.39, 0.29) is 38.7 Å². The van der Waals surface area contributed by atoms with E-state index >= 15 is 0 Å². The Kier molecular flexibility index (Phi) is 8.56. The van der Waals surface area contributed by atoms with Crippen LogP contribution in [0.3, 0.4) is 0 Å². The number of benzene rings is 2. The Hall–Kier alpha value is -4.88. The first-order valence-corrected chi connectivity index (χ1v) is 16.4. The summed E-state index contributed by atoms with van der Waals surface area (Å²) in [5.74, 6) is -3.84. The highest BCUT2D eigenvalue weighted by molar-refractivity contribution is 5.99. The molecule has 48 heavy (non-hydrogen) atoms. The number of para-hydroxylation sites is 1. The number of likely N-dealkylation sites (tertiary alicyclic amines) is 1. The lowest BCUT2D eigenvalue weighted by atomic mass is 9.74. The number of aliphatic hydroxyl groups excluding tert-OH is 1. The molecule has 2 fully saturated rings. The number of rotatable bonds is 6. The summed E-state index contributed by atoms with van der Waals surface area (Å²) in [6.07, 6.45) is 6.48. The highest BCUT2D eigenvalue weighted by Gasteiger charge is 2.74. The SMILES string of the molecule is CC[C@@H](CO)N1C(=O)[C@H]2[C@@H]3C(=O)O[C@H](c4ccccc4)CNC(=O)CC/C=C\CN(Cn4nnc5ccccc54)C(=O)[C@H]1[C@@]21C=C[C@@H]3O1. The maximum absolute atomic E-state index is 14.9. The highest BCUT2D eigenvalue weighted by atomic mass is 16.6. The largest absolute Gasteiger partial charge is 0.455 e. The number of aliphatic hydroxyl groups is 1. The Morgan fingerprint density at radius 2 is 1.83 bits per heavy atom. The molecule has 0 unspecified atom stereocenters. The number of hydrogen-bond acceptors (Lipinski definition) is 9. The molecule has 13 heteroatoms. The predicted octanol–water partition coefficient (Wildman–Crippen LogP) is 1.89. The van der Waals surface area contributed by atoms with Gasteiger partial charge in [0.1, 0.15) is 35.9 Å². The molecule has 7 rings (SSSR count). The molecular weight excluding hydrogens is 616 g/mol. The van der Waals surface area contributed by atoms with Gasteiger partial charge in [-0.1, -0.05) is 78.9 Å². The summed E-state index contributed by atoms with van der Waals surface area (Å²) in [6.45, 7) is 1.65. The van der Waals surface area contributed by atoms with Crippen LogP contribution >= 0.6 is 0 Å². The minimum absolute atomic E-state index is 0.0107. The second-order valence-electron chi connectivity index (χ2n) is 12.6. The van der Waals surface area contributed by atoms with Gasteiger partial charge in [0.2, 0.25) is 11.8 Å². The van der Waals surface area contributed by atoms with E-state index in [1.165, 1.54) is 4.90 Å². The maximum atomic E-state index is 14.9. The van der Waals surface area contributed by atoms with Gasteiger partial charge in [-0.2, -0.15) is 0 Å². The van der Waals surface area contributed by atoms with E-state index in [4.69, 9.17) is 9.47 Å². The summed E-state index contributed by atoms with van der Waals surface area (Å²) in [5, 5.41) is 21.9. The molecular formula is C35H38N6O7. The Morgan fingerprint density at radius 1 is 1.04 bits per heavy atom. The molecule has 2 N–H and O–H groups in total. The number of nitrogens with zero attached hydrogens (tertiary/aromatic N) is 5. The number of aromatic nitrogens is 3. The molecule has 3 amide bonds. The summed E-state index contributed by atoms with van der Waals surface area (Å²) in [5.41, 5.74) is 0.617. The average molecular weight is 655 g/mol. The normalized spacial score (nSPS) is 30.4. The highest BCUT2D eigenvalue weighted by Crippen LogP contribution is 2.56. The summed E-state index contributed by atoms with van der Waals surface area (Å²) in [4.78, 5) is 59.3. The minimum Gasteiger partial charge on any atom is -0.455 e. The van der Waals surface area contributed by atoms with Crippen LogP contribution in [0, 0.1) is 11.8 Å². The van der Waals surface area contributed by atoms with Crippen LogP contribution in [0.5, 0.6) is 0 Å². The third kappa shape index (κ3) is 5.36. The first-order chi connectivity index (χ1) is 23.4. The maximum Gasteiger partial charge on any atom is 0.313 e. The van der Waals surface area contributed by atoms with Gasteiger partial charge in [0.05, 0.1) is 36.7 Å². The van der Waals surface area contributed by atoms with Crippen molar-refractivity contribution in [3.8, 4) is 0 Å². The van der Waals surface area contributed by atoms with Crippen molar-refractivity contribution in [2.75, 3.05) is 19.7 Å². The lowest BCUT2D eigenvalue weighted by Gasteiger charge is -2.38. The summed E-state index contributed by atoms with van der Waals surface area (Å²) in [6, 6.07) is 14.6. The number of hydrogen-bond donors (Lipinski definition) is 2. The zero-order valence-corrected chi connectivity index (χ0v) is 26.6. The number of nitrogens with one attached hydrogen (secondary N) is 1. The van der Waals surface area contributed by atoms with E-state index in [2.05, 4.69) is 15.6 Å². The van der Waals surface area contributed by atoms with Crippen molar-refractivity contribution in [1.82, 2.24) is 30.1 Å². The molecule has 13 nitrogen and oxygen atoms in total. The topological polar surface area (TPSA) is 156 Å². The molecule has 4 aliphatic rings. The van der Waals surface area contributed by atoms with Crippen molar-refractivity contribution in [3.05, 3.63) is 84.5 Å². The molecule has 5 heterocycles. The molecule has 3 aromatic rings. The standard InChI is InChI=1S/C35H38N6O7/c1-2-23(20-42)41-31-33(45)39(21-40-25-14-9-8-13-24(25)37-38-40)18-10-4-7-15-28(43)36-19-27(22-11-5-3-6-12-22)47-34(46)29-26-16-17-35(31,48-26)30(29)32(41)44/h3-6,8-14,16-17,23,26-27,29-31,42H,2,7,15,18-21H2,1H3,(H,36,43)/b10-4-/t23-,26-,27-,29+,30+,31-,35+/m0/s1. The second-order valence-corrected chi connectivity index (χ2v) is 12.6. The van der Waals surface area contributed by atoms with Crippen LogP contribution < -0.4 is 5.32 Å². The van der Waals surface area contributed by atoms with Crippen molar-refractivity contribution in [3.63, 3.8) is 0 Å². The van der Waals surface area contributed by atoms with Crippen LogP contribution in [0.2, 0.25) is 0 Å². The molecule has 0 radical (unpaired) electrons. The summed E-state index contributed by atoms with van der Waals surface area (Å²) >= 11 is 0. The quantitative estimate of drug-likeness (QED) is 0.299. The third-order valence-corrected chi connectivity index (χ3v) is 9.87. The first kappa shape index (κ1) is 31.7. The molecule has 4 aliphatic heterocycles. The van der Waals surface area contributed by atoms with E-state index in [0.717, 1.165) is 5.52 Å². The second kappa shape index (κ2) is 13.0. The van der Waals surface area contributed by atoms with Gasteiger partial charge < -0.3 is 29.7 Å². The van der Waals surface area contributed by atoms with Crippen LogP contribution in [-0.2, 0) is 35.3 Å². The van der Waals surface area contributed by atoms with Gasteiger partial charge in [-0.15, -0.1) is 5.10 Å². The molecule has 1 aromatic heterocycles. The van der Waals surface area contributed by atoms with E-state index < -0.39 is 59.5 Å². The fraction of sp³-hybridized carbons (Fsp3) is 0.429. The number of cyclic esters (lactones) is 1. The average Bonchev–Trinajstić information content (AvgIpc) is 3.86. The summed E-state index contributed by atoms with van der Waals surface area (Å²) in [7, 11) is 0. The van der Waals surface area contributed by atoms with Crippen LogP contribution in [-0.4, -0.2) is 97.1 Å². The van der Waals surface area contributed by atoms with E-state index in [0.29, 0.717) is 23.9 Å². The number of amides is 3. The van der Waals surface area contributed by atoms with Crippen LogP contribution in [0.1, 0.15) is 37.9 Å². The molecule has 2 saturated heterocycles. The van der Waals surface area contributed by atoms with Crippen LogP contribution in [0.15, 0.2) is 78.9 Å². The van der Waals surface area contributed by atoms with E-state index in [1.807, 2.05) is 73.7 Å². The number of ether oxygens (including phenoxy) is 2. The number of fused-ring (bicyclic) bond motifs is 3. The minimum atomic E-state index is -1.46. The van der Waals surface area contributed by atoms with Gasteiger partial charge in [-0.3, -0.25) is 19.2 Å². The van der Waals surface area contributed by atoms with Gasteiger partial charge in [-0.05, 0) is 30.5 Å². The number of esters is 1. The fourth-order valence-corrected chi connectivity index (χ4v) is 7.48. The lowest BCUT2D eigenvalue weighted by Crippen LogP contribution is -2.58. The van der Waals surface area contributed by atoms with Crippen molar-refractivity contribution in [1.29, 1.82) is 0 Å². The zero-order valence-electron chi connectivity index (χ0n) is 26.6. The Balaban J connectivity index is 1.30. The first-order valence-electron chi connectivity index (χ1n) is 16.4. The molecule has 2 aromatic carbocycles. The van der Waals surface area contributed by atoms with Gasteiger partial charge >= 0.3 is 5.97 Å². The lowest BCUT2D eigenvalue weighted by molar-refractivity contribution is -0.160. The van der Waals surface area contributed by atoms with Gasteiger partial charge in [0, 0.05) is 13.0 Å². The molecule has 7 atom stereocenters. The van der Waals surface area contributed by atoms with E-state index in [1.54, 1.807) is 21.7 Å². The smallest absolute Gasteiger partial charge is 0.313 e. The molecule has 1 spiro atoms. The number of carbonyl (C=O) groups is 4. The van der Waals surface area contributed by atoms with Crippen molar-refractivity contribution < 1.29 is 33.8 Å². The van der Waals surface area contributed by atoms with Gasteiger partial charge in [0.25, 0.3) is 5.91 Å². The third-order valence-electron chi connectivity index (χ3n) is 9.87. The summed E-state index contributed by atoms with van der Waals surface area (Å²) < 4.78 is 14.2. The number of allylic oxidation sites excluding steroid dienone is 1. The molecule has 0 saturated carbocycles. The molecule has 0 aliphatic carbocycles. The van der Waals surface area contributed by atoms with Gasteiger partial charge in [0.15, 0.2) is 0 Å². The molecule has 5 bridgehead atoms. The Bertz CT molecular complexity index is 1770. The zero-order chi connectivity index (χ0) is 33.4. The molecule has 250 valence electrons. The van der Waals surface area contributed by atoms with Crippen molar-refractivity contribution >= 4 is 34.7 Å². The number of carbonyl (C=O) groups excluding carboxylic acids is 4. The predicted molar refractivity (Wildman–Crippen MR) is 171 cm³/mol. The Morgan fingerprint density at radius 3 is 2.62 bits per heavy atom. The van der Waals surface area contributed by atoms with Crippen LogP contribution in [0.4, 0.5) is 0 Å². The van der Waals surface area contributed by atoms with Crippen molar-refractivity contribution in [2.24, 2.45) is 11.8 Å². The Labute approximate surface area is 277 Å². The van der Waals surface area contributed by atoms with E-state index in [9.17, 15) is 24.3 Å². The fourth-order valence-electron chi connectivity index (χ4n) is 7.48. The van der Waals surface area contributed by atoms with Gasteiger partial charge in [-0.25, -0.2) is 4.68 Å². The van der Waals surface area contributed by atoms with Crippen molar-refractivity contribution in [2.45, 2.75) is 62.7 Å². The monoisotopic (exact) mass is 654 g/mol. The van der Waals surface area contributed by atoms with Crippen LogP contribution in [0.25, 0.3) is 11.0 Å².